The van der Waals surface area contributed by atoms with E-state index in [0.29, 0.717) is 25.7 Å². The molecule has 0 spiro atoms. The van der Waals surface area contributed by atoms with Crippen LogP contribution >= 0.6 is 7.82 Å². The van der Waals surface area contributed by atoms with Gasteiger partial charge in [-0.05, 0) is 38.8 Å². The van der Waals surface area contributed by atoms with Crippen LogP contribution in [0.25, 0.3) is 0 Å². The van der Waals surface area contributed by atoms with Gasteiger partial charge in [-0.1, -0.05) is 142 Å². The molecule has 0 amide bonds. The molecule has 336 valence electrons. The first-order chi connectivity index (χ1) is 27.6. The van der Waals surface area contributed by atoms with Gasteiger partial charge in [0.1, 0.15) is 13.2 Å². The molecule has 3 atom stereocenters. The summed E-state index contributed by atoms with van der Waals surface area (Å²) >= 11 is 0. The summed E-state index contributed by atoms with van der Waals surface area (Å²) in [6.45, 7) is 2.95. The summed E-state index contributed by atoms with van der Waals surface area (Å²) in [6.07, 6.45) is 23.9. The normalized spacial score (nSPS) is 13.4. The molecule has 0 saturated carbocycles. The number of phosphoric acid groups is 1. The van der Waals surface area contributed by atoms with E-state index in [2.05, 4.69) is 13.8 Å². The van der Waals surface area contributed by atoms with Gasteiger partial charge in [-0.15, -0.1) is 0 Å². The molecule has 0 aromatic carbocycles. The number of phosphoric ester groups is 1. The molecule has 57 heavy (non-hydrogen) atoms. The Balaban J connectivity index is 5.02. The summed E-state index contributed by atoms with van der Waals surface area (Å²) in [5.41, 5.74) is 10.9. The zero-order chi connectivity index (χ0) is 42.2. The van der Waals surface area contributed by atoms with Crippen LogP contribution in [-0.2, 0) is 51.7 Å². The summed E-state index contributed by atoms with van der Waals surface area (Å²) in [5.74, 6) is -2.22. The Morgan fingerprint density at radius 3 is 1.05 bits per heavy atom. The predicted molar refractivity (Wildman–Crippen MR) is 222 cm³/mol. The molecule has 0 bridgehead atoms. The maximum atomic E-state index is 12.9. The van der Waals surface area contributed by atoms with Gasteiger partial charge in [0.05, 0.1) is 13.2 Å². The Morgan fingerprint density at radius 2 is 0.719 bits per heavy atom. The average molecular weight is 837 g/mol. The van der Waals surface area contributed by atoms with Crippen molar-refractivity contribution in [3.63, 3.8) is 0 Å². The van der Waals surface area contributed by atoms with Gasteiger partial charge < -0.3 is 35.3 Å². The summed E-state index contributed by atoms with van der Waals surface area (Å²) in [5, 5.41) is 0. The highest BCUT2D eigenvalue weighted by atomic mass is 31.2. The van der Waals surface area contributed by atoms with Crippen molar-refractivity contribution in [3.05, 3.63) is 0 Å². The Kier molecular flexibility index (Phi) is 37.9. The van der Waals surface area contributed by atoms with Crippen molar-refractivity contribution in [2.45, 2.75) is 206 Å². The molecule has 0 fully saturated rings. The second-order valence-electron chi connectivity index (χ2n) is 15.0. The standard InChI is InChI=1S/C42H81N2O12P/c1-3-5-7-9-11-13-15-17-19-21-23-27-39(45)51-33-37(55-41(47)28-24-22-20-18-16-14-12-10-8-6-4-2)35-53-57(49,50)54-36-38(56-42(48)30-26-32-44)34-52-40(46)29-25-31-43/h37-38H,3-36,43-44H2,1-2H3,(H,49,50)/t37-,38?/m1/s1. The van der Waals surface area contributed by atoms with Crippen LogP contribution in [-0.4, -0.2) is 80.5 Å². The summed E-state index contributed by atoms with van der Waals surface area (Å²) in [4.78, 5) is 60.0. The van der Waals surface area contributed by atoms with Gasteiger partial charge in [0.25, 0.3) is 0 Å². The van der Waals surface area contributed by atoms with Gasteiger partial charge in [0.15, 0.2) is 12.2 Å². The van der Waals surface area contributed by atoms with Crippen molar-refractivity contribution in [3.8, 4) is 0 Å². The lowest BCUT2D eigenvalue weighted by molar-refractivity contribution is -0.162. The highest BCUT2D eigenvalue weighted by Crippen LogP contribution is 2.43. The van der Waals surface area contributed by atoms with Crippen molar-refractivity contribution in [1.82, 2.24) is 0 Å². The van der Waals surface area contributed by atoms with Gasteiger partial charge >= 0.3 is 31.7 Å². The van der Waals surface area contributed by atoms with E-state index in [0.717, 1.165) is 38.5 Å². The van der Waals surface area contributed by atoms with E-state index >= 15 is 0 Å². The second kappa shape index (κ2) is 39.4. The van der Waals surface area contributed by atoms with E-state index in [-0.39, 0.29) is 45.4 Å². The van der Waals surface area contributed by atoms with Crippen LogP contribution in [0, 0.1) is 0 Å². The van der Waals surface area contributed by atoms with E-state index in [4.69, 9.17) is 39.5 Å². The zero-order valence-electron chi connectivity index (χ0n) is 35.7. The minimum atomic E-state index is -4.81. The van der Waals surface area contributed by atoms with Crippen molar-refractivity contribution in [2.75, 3.05) is 39.5 Å². The van der Waals surface area contributed by atoms with Gasteiger partial charge in [0.2, 0.25) is 0 Å². The minimum absolute atomic E-state index is 0.00831. The molecule has 0 rings (SSSR count). The number of hydrogen-bond acceptors (Lipinski definition) is 13. The molecule has 0 aromatic heterocycles. The van der Waals surface area contributed by atoms with E-state index in [1.165, 1.54) is 89.9 Å². The zero-order valence-corrected chi connectivity index (χ0v) is 36.6. The van der Waals surface area contributed by atoms with Crippen molar-refractivity contribution < 1.29 is 56.6 Å². The highest BCUT2D eigenvalue weighted by molar-refractivity contribution is 7.47. The van der Waals surface area contributed by atoms with Crippen LogP contribution in [0.15, 0.2) is 0 Å². The average Bonchev–Trinajstić information content (AvgIpc) is 3.19. The Hall–Kier alpha value is -2.09. The molecule has 0 radical (unpaired) electrons. The molecule has 0 heterocycles. The van der Waals surface area contributed by atoms with Crippen LogP contribution in [0.1, 0.15) is 194 Å². The molecule has 14 nitrogen and oxygen atoms in total. The third-order valence-corrected chi connectivity index (χ3v) is 10.4. The summed E-state index contributed by atoms with van der Waals surface area (Å²) in [6, 6.07) is 0. The number of ether oxygens (including phenoxy) is 4. The van der Waals surface area contributed by atoms with E-state index in [1.807, 2.05) is 0 Å². The fourth-order valence-electron chi connectivity index (χ4n) is 5.99. The number of esters is 4. The predicted octanol–water partition coefficient (Wildman–Crippen LogP) is 8.91. The summed E-state index contributed by atoms with van der Waals surface area (Å²) in [7, 11) is -4.81. The third-order valence-electron chi connectivity index (χ3n) is 9.44. The molecule has 0 aliphatic rings. The molecule has 0 aromatic rings. The Labute approximate surface area is 344 Å². The molecular formula is C42H81N2O12P. The Morgan fingerprint density at radius 1 is 0.439 bits per heavy atom. The molecule has 0 aliphatic heterocycles. The van der Waals surface area contributed by atoms with Crippen LogP contribution in [0.2, 0.25) is 0 Å². The first kappa shape index (κ1) is 54.9. The first-order valence-corrected chi connectivity index (χ1v) is 23.8. The van der Waals surface area contributed by atoms with Crippen LogP contribution in [0.4, 0.5) is 0 Å². The van der Waals surface area contributed by atoms with Crippen LogP contribution in [0.5, 0.6) is 0 Å². The number of carbonyl (C=O) groups excluding carboxylic acids is 4. The van der Waals surface area contributed by atoms with Crippen LogP contribution in [0.3, 0.4) is 0 Å². The molecule has 2 unspecified atom stereocenters. The summed E-state index contributed by atoms with van der Waals surface area (Å²) < 4.78 is 44.5. The maximum Gasteiger partial charge on any atom is 0.472 e. The number of nitrogens with two attached hydrogens (primary N) is 2. The number of rotatable bonds is 42. The van der Waals surface area contributed by atoms with Crippen molar-refractivity contribution in [1.29, 1.82) is 0 Å². The lowest BCUT2D eigenvalue weighted by Gasteiger charge is -2.22. The van der Waals surface area contributed by atoms with E-state index < -0.39 is 63.7 Å². The molecular weight excluding hydrogens is 755 g/mol. The second-order valence-corrected chi connectivity index (χ2v) is 16.5. The SMILES string of the molecule is CCCCCCCCCCCCCC(=O)OC[C@H](COP(=O)(O)OCC(COC(=O)CCCN)OC(=O)CCCN)OC(=O)CCCCCCCCCCCCC. The topological polar surface area (TPSA) is 213 Å². The molecule has 0 aliphatic carbocycles. The van der Waals surface area contributed by atoms with Gasteiger partial charge in [-0.2, -0.15) is 0 Å². The quantitative estimate of drug-likeness (QED) is 0.0227. The van der Waals surface area contributed by atoms with Gasteiger partial charge in [-0.3, -0.25) is 28.2 Å². The van der Waals surface area contributed by atoms with Crippen LogP contribution < -0.4 is 11.5 Å². The highest BCUT2D eigenvalue weighted by Gasteiger charge is 2.29. The van der Waals surface area contributed by atoms with Crippen molar-refractivity contribution >= 4 is 31.7 Å². The third kappa shape index (κ3) is 37.9. The monoisotopic (exact) mass is 837 g/mol. The largest absolute Gasteiger partial charge is 0.472 e. The maximum absolute atomic E-state index is 12.9. The van der Waals surface area contributed by atoms with E-state index in [9.17, 15) is 28.6 Å². The number of unbranched alkanes of at least 4 members (excludes halogenated alkanes) is 20. The fourth-order valence-corrected chi connectivity index (χ4v) is 6.77. The minimum Gasteiger partial charge on any atom is -0.462 e. The number of carbonyl (C=O) groups is 4. The molecule has 0 saturated heterocycles. The lowest BCUT2D eigenvalue weighted by atomic mass is 10.1. The molecule has 5 N–H and O–H groups in total. The first-order valence-electron chi connectivity index (χ1n) is 22.3. The lowest BCUT2D eigenvalue weighted by Crippen LogP contribution is -2.31. The van der Waals surface area contributed by atoms with E-state index in [1.54, 1.807) is 0 Å². The molecule has 15 heteroatoms. The number of hydrogen-bond donors (Lipinski definition) is 3. The van der Waals surface area contributed by atoms with Gasteiger partial charge in [0, 0.05) is 25.7 Å². The Bertz CT molecular complexity index is 1050. The fraction of sp³-hybridized carbons (Fsp3) is 0.905. The smallest absolute Gasteiger partial charge is 0.462 e. The van der Waals surface area contributed by atoms with Gasteiger partial charge in [-0.25, -0.2) is 4.57 Å². The van der Waals surface area contributed by atoms with Crippen molar-refractivity contribution in [2.24, 2.45) is 11.5 Å².